The number of hydrogen-bond donors (Lipinski definition) is 2. The van der Waals surface area contributed by atoms with Crippen LogP contribution in [0, 0.1) is 6.58 Å². The van der Waals surface area contributed by atoms with E-state index < -0.39 is 10.8 Å². The smallest absolute Gasteiger partial charge is 0.280 e. The van der Waals surface area contributed by atoms with Gasteiger partial charge in [-0.1, -0.05) is 10.8 Å². The molecule has 4 nitrogen and oxygen atoms in total. The first-order valence-corrected chi connectivity index (χ1v) is 6.77. The van der Waals surface area contributed by atoms with Crippen LogP contribution < -0.4 is 0 Å². The molecular weight excluding hydrogens is 238 g/mol. The van der Waals surface area contributed by atoms with Gasteiger partial charge in [0.2, 0.25) is 0 Å². The lowest BCUT2D eigenvalue weighted by atomic mass is 10.1. The zero-order valence-electron chi connectivity index (χ0n) is 10.5. The van der Waals surface area contributed by atoms with Crippen molar-refractivity contribution in [2.75, 3.05) is 14.1 Å². The second-order valence-corrected chi connectivity index (χ2v) is 6.44. The summed E-state index contributed by atoms with van der Waals surface area (Å²) in [7, 11) is 0.256. The van der Waals surface area contributed by atoms with Crippen LogP contribution in [-0.4, -0.2) is 39.4 Å². The Morgan fingerprint density at radius 3 is 2.29 bits per heavy atom. The number of hydrogen-bond acceptors (Lipinski definition) is 3. The Morgan fingerprint density at radius 2 is 1.88 bits per heavy atom. The van der Waals surface area contributed by atoms with E-state index in [2.05, 4.69) is 0 Å². The van der Waals surface area contributed by atoms with E-state index in [1.54, 1.807) is 26.2 Å². The monoisotopic (exact) mass is 257 g/mol. The molecule has 0 saturated heterocycles. The molecule has 1 rings (SSSR count). The molecule has 2 N–H and O–H groups in total. The highest BCUT2D eigenvalue weighted by atomic mass is 32.3. The van der Waals surface area contributed by atoms with Crippen molar-refractivity contribution in [3.05, 3.63) is 35.3 Å². The lowest BCUT2D eigenvalue weighted by Gasteiger charge is -2.37. The fraction of sp³-hybridized carbons (Fsp3) is 0.417. The van der Waals surface area contributed by atoms with E-state index >= 15 is 0 Å². The SMILES string of the molecule is [CH+]=C1C=C(S(O)(O)N(C)C)C=CC1=[O+]C(C)C. The minimum absolute atomic E-state index is 0.0253. The van der Waals surface area contributed by atoms with Crippen molar-refractivity contribution >= 4 is 16.6 Å². The first kappa shape index (κ1) is 14.1. The highest BCUT2D eigenvalue weighted by Crippen LogP contribution is 2.50. The van der Waals surface area contributed by atoms with E-state index in [0.29, 0.717) is 16.3 Å². The zero-order valence-corrected chi connectivity index (χ0v) is 11.4. The molecule has 17 heavy (non-hydrogen) atoms. The predicted molar refractivity (Wildman–Crippen MR) is 71.7 cm³/mol. The molecule has 0 spiro atoms. The van der Waals surface area contributed by atoms with E-state index in [4.69, 9.17) is 11.0 Å². The Bertz CT molecular complexity index is 406. The lowest BCUT2D eigenvalue weighted by molar-refractivity contribution is -0.492. The second-order valence-electron chi connectivity index (χ2n) is 4.20. The summed E-state index contributed by atoms with van der Waals surface area (Å²) in [6, 6.07) is 0. The molecular formula is C12H19NO3S+2. The van der Waals surface area contributed by atoms with Crippen molar-refractivity contribution in [3.8, 4) is 0 Å². The molecule has 0 saturated carbocycles. The molecule has 0 fully saturated rings. The van der Waals surface area contributed by atoms with Gasteiger partial charge in [0.05, 0.1) is 6.08 Å². The van der Waals surface area contributed by atoms with Gasteiger partial charge in [0.1, 0.15) is 11.0 Å². The van der Waals surface area contributed by atoms with Crippen molar-refractivity contribution in [2.24, 2.45) is 0 Å². The van der Waals surface area contributed by atoms with Crippen LogP contribution in [0.25, 0.3) is 0 Å². The molecule has 1 aliphatic carbocycles. The van der Waals surface area contributed by atoms with Crippen LogP contribution in [0.5, 0.6) is 0 Å². The quantitative estimate of drug-likeness (QED) is 0.464. The summed E-state index contributed by atoms with van der Waals surface area (Å²) in [6.45, 7) is 9.62. The molecule has 0 amide bonds. The topological polar surface area (TPSA) is 55.0 Å². The Kier molecular flexibility index (Phi) is 4.25. The third-order valence-corrected chi connectivity index (χ3v) is 4.07. The molecule has 0 unspecified atom stereocenters. The van der Waals surface area contributed by atoms with Gasteiger partial charge in [-0.15, -0.1) is 0 Å². The molecule has 0 bridgehead atoms. The summed E-state index contributed by atoms with van der Waals surface area (Å²) in [5.74, 6) is 0.553. The van der Waals surface area contributed by atoms with Crippen LogP contribution in [0.4, 0.5) is 0 Å². The average Bonchev–Trinajstić information content (AvgIpc) is 2.20. The van der Waals surface area contributed by atoms with E-state index in [9.17, 15) is 9.11 Å². The highest BCUT2D eigenvalue weighted by Gasteiger charge is 2.33. The maximum Gasteiger partial charge on any atom is 0.461 e. The van der Waals surface area contributed by atoms with Crippen molar-refractivity contribution < 1.29 is 13.5 Å². The summed E-state index contributed by atoms with van der Waals surface area (Å²) in [5, 5.41) is 0. The van der Waals surface area contributed by atoms with Gasteiger partial charge in [-0.05, 0) is 6.08 Å². The Labute approximate surface area is 104 Å². The zero-order chi connectivity index (χ0) is 13.2. The van der Waals surface area contributed by atoms with Gasteiger partial charge in [-0.2, -0.15) is 4.42 Å². The lowest BCUT2D eigenvalue weighted by Crippen LogP contribution is -2.21. The minimum atomic E-state index is -2.95. The molecule has 0 aromatic carbocycles. The summed E-state index contributed by atoms with van der Waals surface area (Å²) in [6.07, 6.45) is 4.83. The number of rotatable bonds is 3. The van der Waals surface area contributed by atoms with Crippen LogP contribution in [0.15, 0.2) is 28.7 Å². The van der Waals surface area contributed by atoms with E-state index in [-0.39, 0.29) is 6.10 Å². The number of allylic oxidation sites excluding steroid dienone is 4. The van der Waals surface area contributed by atoms with Gasteiger partial charge in [-0.25, -0.2) is 4.31 Å². The predicted octanol–water partition coefficient (Wildman–Crippen LogP) is 2.54. The maximum atomic E-state index is 9.93. The summed E-state index contributed by atoms with van der Waals surface area (Å²) < 4.78 is 26.7. The van der Waals surface area contributed by atoms with Crippen molar-refractivity contribution in [2.45, 2.75) is 20.0 Å². The molecule has 0 atom stereocenters. The molecule has 94 valence electrons. The van der Waals surface area contributed by atoms with Crippen molar-refractivity contribution in [1.29, 1.82) is 0 Å². The first-order chi connectivity index (χ1) is 7.75. The molecule has 0 radical (unpaired) electrons. The average molecular weight is 257 g/mol. The third kappa shape index (κ3) is 3.25. The van der Waals surface area contributed by atoms with Crippen LogP contribution in [-0.2, 0) is 4.42 Å². The number of carbonyl (C=O) groups excluding carboxylic acids is 1. The Hall–Kier alpha value is -0.970. The fourth-order valence-electron chi connectivity index (χ4n) is 1.27. The number of ketones is 1. The van der Waals surface area contributed by atoms with Gasteiger partial charge < -0.3 is 0 Å². The minimum Gasteiger partial charge on any atom is -0.280 e. The second kappa shape index (κ2) is 5.12. The Morgan fingerprint density at radius 1 is 1.29 bits per heavy atom. The molecule has 0 aromatic rings. The van der Waals surface area contributed by atoms with Crippen LogP contribution >= 0.6 is 10.8 Å². The fourth-order valence-corrected chi connectivity index (χ4v) is 2.23. The normalized spacial score (nSPS) is 20.3. The van der Waals surface area contributed by atoms with Crippen LogP contribution in [0.3, 0.4) is 0 Å². The van der Waals surface area contributed by atoms with Crippen LogP contribution in [0.1, 0.15) is 13.8 Å². The van der Waals surface area contributed by atoms with Crippen LogP contribution in [0.2, 0.25) is 0 Å². The first-order valence-electron chi connectivity index (χ1n) is 5.27. The molecule has 0 heterocycles. The highest BCUT2D eigenvalue weighted by molar-refractivity contribution is 8.25. The van der Waals surface area contributed by atoms with E-state index in [1.165, 1.54) is 10.4 Å². The summed E-state index contributed by atoms with van der Waals surface area (Å²) >= 11 is 0. The third-order valence-electron chi connectivity index (χ3n) is 2.17. The van der Waals surface area contributed by atoms with E-state index in [0.717, 1.165) is 0 Å². The van der Waals surface area contributed by atoms with Gasteiger partial charge in [0.25, 0.3) is 11.7 Å². The van der Waals surface area contributed by atoms with Gasteiger partial charge in [-0.3, -0.25) is 9.11 Å². The van der Waals surface area contributed by atoms with Gasteiger partial charge in [0.15, 0.2) is 0 Å². The van der Waals surface area contributed by atoms with Gasteiger partial charge >= 0.3 is 5.78 Å². The molecule has 0 aliphatic heterocycles. The molecule has 0 aromatic heterocycles. The van der Waals surface area contributed by atoms with E-state index in [1.807, 2.05) is 13.8 Å². The standard InChI is InChI=1S/C12H17NO3S/c1-9(2)16-12-7-6-11(8-10(12)3)17(14,15)13(4)5/h3,6-9H,1-2,4-5H3/p+2. The summed E-state index contributed by atoms with van der Waals surface area (Å²) in [5.41, 5.74) is 0.401. The number of nitrogens with zero attached hydrogens (tertiary/aromatic N) is 1. The maximum absolute atomic E-state index is 9.93. The summed E-state index contributed by atoms with van der Waals surface area (Å²) in [4.78, 5) is 0.385. The van der Waals surface area contributed by atoms with Crippen molar-refractivity contribution in [1.82, 2.24) is 4.31 Å². The van der Waals surface area contributed by atoms with Gasteiger partial charge in [0, 0.05) is 34.5 Å². The largest absolute Gasteiger partial charge is 0.461 e. The molecule has 5 heteroatoms. The molecule has 1 aliphatic rings. The Balaban J connectivity index is 3.00. The van der Waals surface area contributed by atoms with Crippen molar-refractivity contribution in [3.63, 3.8) is 0 Å².